The van der Waals surface area contributed by atoms with Gasteiger partial charge in [0.25, 0.3) is 0 Å². The van der Waals surface area contributed by atoms with E-state index in [1.807, 2.05) is 89.3 Å². The van der Waals surface area contributed by atoms with Crippen LogP contribution in [-0.4, -0.2) is 23.2 Å². The molecule has 3 N–H and O–H groups in total. The largest absolute Gasteiger partial charge is 0.508 e. The quantitative estimate of drug-likeness (QED) is 0.0700. The van der Waals surface area contributed by atoms with Gasteiger partial charge < -0.3 is 15.3 Å². The van der Waals surface area contributed by atoms with Crippen LogP contribution in [0.4, 0.5) is 8.78 Å². The maximum atomic E-state index is 12.6. The molecule has 0 heterocycles. The summed E-state index contributed by atoms with van der Waals surface area (Å²) in [5, 5.41) is 29.7. The Morgan fingerprint density at radius 2 is 0.604 bits per heavy atom. The molecule has 139 heavy (non-hydrogen) atoms. The van der Waals surface area contributed by atoms with Gasteiger partial charge >= 0.3 is 0 Å². The Balaban J connectivity index is 0.000000506. The molecule has 744 valence electrons. The zero-order valence-electron chi connectivity index (χ0n) is 77.7. The van der Waals surface area contributed by atoms with E-state index in [0.717, 1.165) is 35.2 Å². The molecule has 1 fully saturated rings. The van der Waals surface area contributed by atoms with Crippen molar-refractivity contribution in [3.8, 4) is 28.4 Å². The average molecular weight is 4560 g/mol. The van der Waals surface area contributed by atoms with Crippen molar-refractivity contribution < 1.29 is 24.1 Å². The molecular weight excluding hydrogens is 4450 g/mol. The summed E-state index contributed by atoms with van der Waals surface area (Å²) >= 11 is 54.2. The summed E-state index contributed by atoms with van der Waals surface area (Å²) in [6, 6.07) is 99.2. The molecule has 0 aromatic heterocycles. The Kier molecular flexibility index (Phi) is 80.1. The first-order chi connectivity index (χ1) is 65.2. The Morgan fingerprint density at radius 1 is 0.288 bits per heavy atom. The van der Waals surface area contributed by atoms with Gasteiger partial charge in [-0.2, -0.15) is 0 Å². The maximum absolute atomic E-state index is 12.6. The zero-order valence-corrected chi connectivity index (χ0v) is 130. The van der Waals surface area contributed by atoms with Crippen LogP contribution >= 0.6 is 542 Å². The highest BCUT2D eigenvalue weighted by molar-refractivity contribution is 14.1. The number of hydrogen-bond donors (Lipinski definition) is 3. The van der Waals surface area contributed by atoms with Crippen molar-refractivity contribution in [3.05, 3.63) is 432 Å². The lowest BCUT2D eigenvalue weighted by atomic mass is 9.87. The first-order valence-corrected chi connectivity index (χ1v) is 68.4. The molecule has 0 saturated heterocycles. The molecule has 1 aliphatic carbocycles. The number of benzene rings is 15. The van der Waals surface area contributed by atoms with Gasteiger partial charge in [-0.05, 0) is 800 Å². The average Bonchev–Trinajstić information content (AvgIpc) is 0.805. The van der Waals surface area contributed by atoms with Crippen LogP contribution in [0.1, 0.15) is 118 Å². The van der Waals surface area contributed by atoms with E-state index in [0.29, 0.717) is 20.8 Å². The Morgan fingerprint density at radius 3 is 0.935 bits per heavy atom. The van der Waals surface area contributed by atoms with Gasteiger partial charge in [0.15, 0.2) is 0 Å². The van der Waals surface area contributed by atoms with E-state index >= 15 is 0 Å². The third-order valence-electron chi connectivity index (χ3n) is 18.8. The van der Waals surface area contributed by atoms with Crippen LogP contribution in [0.2, 0.25) is 0 Å². The van der Waals surface area contributed by atoms with E-state index < -0.39 is 11.6 Å². The third-order valence-corrected chi connectivity index (χ3v) is 42.2. The molecule has 1 aliphatic rings. The first kappa shape index (κ1) is 140. The SMILES string of the molecule is CC(C)(C)c1ccc(I)cc1.CC(C)C(C)I.Cc1c(C)c(I)c(C)c(C)c1I.Cc1cc(C)c(I)c(C)c1.Fc1cc(I)cc(F)c1I.IC1CCCCC1.Ic1ccc(I)cc1.Ic1ccc2ccccc2c1.Ic1cccc(I)c1.Ic1ccccc1.Ic1ccccc1-c1ccccc1I.Ic1ccccc1I.Oc1c(I)cc(I)cc1I.Oc1ccc(I)cc1.Oc1ccc(I)cc1I. The standard InChI is InChI=1S/C12H8I2.C10H12I2.C10H7I.C10H13I.C9H11I.C6H2F2I2.C6H3I3O.C6H4I2O.3C6H4I2.C6H5IO.C6H11I.C6H5I.C5H11I/c13-11-7-3-1-5-9(11)10-6-2-4-8-12(10)14;1-5-6(2)10(12)8(4)7(3)9(5)11;11-10-6-5-8-3-1-2-4-9(8)7-10;1-10(2,3)8-4-6-9(11)7-5-8;1-6-4-7(2)9(10)8(3)5-6;7-4-1-3(9)2-5(8)6(4)10;7-3-1-4(8)6(10)5(9)2-3;7-4-1-2-6(9)5(8)3-4;7-5-1-2-6(8)4-3-5;7-5-2-1-3-6(8)4-5;7-5-3-1-2-4-6(5)8;7-5-1-3-6(8)4-2-5;2*7-6-4-2-1-3-5-6;1-4(2)5(3)6/h1-8H;1-4H3;1-7H;4-7H,1-3H3;4-5H,1-3H3;1-2H;1-2,10H;1-3,9H;3*1-4H;1-4,8H;6H,1-5H2;1-5H;4-5H,1-3H3. The smallest absolute Gasteiger partial charge is 0.142 e. The second-order valence-corrected chi connectivity index (χ2v) is 61.1. The molecular formula is C110H104F2I24O3. The Hall–Kier alpha value is 5.34. The van der Waals surface area contributed by atoms with Gasteiger partial charge in [-0.15, -0.1) is 0 Å². The summed E-state index contributed by atoms with van der Waals surface area (Å²) in [6.07, 6.45) is 7.39. The molecule has 3 nitrogen and oxygen atoms in total. The topological polar surface area (TPSA) is 60.7 Å². The lowest BCUT2D eigenvalue weighted by molar-refractivity contribution is 0.467. The summed E-state index contributed by atoms with van der Waals surface area (Å²) in [7, 11) is 0. The van der Waals surface area contributed by atoms with Gasteiger partial charge in [-0.3, -0.25) is 0 Å². The summed E-state index contributed by atoms with van der Waals surface area (Å²) < 4.78 is 52.4. The molecule has 15 aromatic rings. The molecule has 0 spiro atoms. The van der Waals surface area contributed by atoms with Crippen molar-refractivity contribution in [1.29, 1.82) is 0 Å². The van der Waals surface area contributed by atoms with Crippen LogP contribution in [0.5, 0.6) is 17.2 Å². The first-order valence-electron chi connectivity index (χ1n) is 42.2. The van der Waals surface area contributed by atoms with Crippen LogP contribution in [-0.2, 0) is 5.41 Å². The van der Waals surface area contributed by atoms with Crippen molar-refractivity contribution in [3.63, 3.8) is 0 Å². The van der Waals surface area contributed by atoms with Gasteiger partial charge in [0.1, 0.15) is 28.9 Å². The highest BCUT2D eigenvalue weighted by atomic mass is 127. The highest BCUT2D eigenvalue weighted by Gasteiger charge is 2.14. The van der Waals surface area contributed by atoms with E-state index in [1.165, 1.54) is 161 Å². The Labute approximate surface area is 1150 Å². The molecule has 1 unspecified atom stereocenters. The van der Waals surface area contributed by atoms with E-state index in [1.54, 1.807) is 40.8 Å². The second kappa shape index (κ2) is 79.3. The second-order valence-electron chi connectivity index (χ2n) is 31.3. The van der Waals surface area contributed by atoms with E-state index in [-0.39, 0.29) is 8.99 Å². The van der Waals surface area contributed by atoms with Gasteiger partial charge in [0.2, 0.25) is 0 Å². The number of fused-ring (bicyclic) bond motifs is 1. The summed E-state index contributed by atoms with van der Waals surface area (Å²) in [5.74, 6) is 0.920. The number of alkyl halides is 2. The summed E-state index contributed by atoms with van der Waals surface area (Å²) in [5.41, 5.74) is 14.2. The van der Waals surface area contributed by atoms with Crippen molar-refractivity contribution in [2.45, 2.75) is 135 Å². The van der Waals surface area contributed by atoms with Crippen LogP contribution in [0.3, 0.4) is 0 Å². The van der Waals surface area contributed by atoms with Crippen LogP contribution in [0.15, 0.2) is 297 Å². The molecule has 16 rings (SSSR count). The Bertz CT molecular complexity index is 5640. The molecule has 29 heteroatoms. The predicted molar refractivity (Wildman–Crippen MR) is 802 cm³/mol. The van der Waals surface area contributed by atoms with Crippen molar-refractivity contribution in [1.82, 2.24) is 0 Å². The number of aromatic hydroxyl groups is 3. The van der Waals surface area contributed by atoms with E-state index in [2.05, 4.69) is 787 Å². The third kappa shape index (κ3) is 62.9. The fourth-order valence-corrected chi connectivity index (χ4v) is 25.7. The summed E-state index contributed by atoms with van der Waals surface area (Å²) in [6.45, 7) is 28.6. The monoisotopic (exact) mass is 4560 g/mol. The zero-order chi connectivity index (χ0) is 105. The molecule has 15 aromatic carbocycles. The lowest BCUT2D eigenvalue weighted by Crippen LogP contribution is -2.10. The molecule has 0 amide bonds. The van der Waals surface area contributed by atoms with E-state index in [9.17, 15) is 13.9 Å². The molecule has 0 aliphatic heterocycles. The fraction of sp³-hybridized carbons (Fsp3) is 0.200. The van der Waals surface area contributed by atoms with Crippen molar-refractivity contribution >= 4 is 553 Å². The van der Waals surface area contributed by atoms with Gasteiger partial charge in [-0.1, -0.05) is 239 Å². The van der Waals surface area contributed by atoms with Crippen LogP contribution in [0.25, 0.3) is 21.9 Å². The number of phenolic OH excluding ortho intramolecular Hbond substituents is 3. The molecule has 0 bridgehead atoms. The normalized spacial score (nSPS) is 10.9. The van der Waals surface area contributed by atoms with E-state index in [4.69, 9.17) is 10.2 Å². The number of aryl methyl sites for hydroxylation is 3. The number of hydrogen-bond acceptors (Lipinski definition) is 3. The maximum Gasteiger partial charge on any atom is 0.142 e. The van der Waals surface area contributed by atoms with Gasteiger partial charge in [0, 0.05) is 72.1 Å². The number of rotatable bonds is 2. The minimum absolute atomic E-state index is 0.0537. The van der Waals surface area contributed by atoms with Crippen molar-refractivity contribution in [2.75, 3.05) is 0 Å². The molecule has 1 atom stereocenters. The number of halogens is 26. The predicted octanol–water partition coefficient (Wildman–Crippen LogP) is 46.1. The molecule has 0 radical (unpaired) electrons. The van der Waals surface area contributed by atoms with Crippen LogP contribution < -0.4 is 0 Å². The minimum Gasteiger partial charge on any atom is -0.508 e. The lowest BCUT2D eigenvalue weighted by Gasteiger charge is -2.18. The fourth-order valence-electron chi connectivity index (χ4n) is 10.6. The van der Waals surface area contributed by atoms with Gasteiger partial charge in [0.05, 0.1) is 14.3 Å². The summed E-state index contributed by atoms with van der Waals surface area (Å²) in [4.78, 5) is 0. The number of phenols is 3. The molecule has 1 saturated carbocycles. The van der Waals surface area contributed by atoms with Crippen molar-refractivity contribution in [2.24, 2.45) is 5.92 Å². The highest BCUT2D eigenvalue weighted by Crippen LogP contribution is 2.33. The van der Waals surface area contributed by atoms with Crippen LogP contribution in [0, 0.1) is 145 Å². The minimum atomic E-state index is -0.495. The van der Waals surface area contributed by atoms with Gasteiger partial charge in [-0.25, -0.2) is 8.78 Å².